The van der Waals surface area contributed by atoms with Gasteiger partial charge in [-0.3, -0.25) is 4.79 Å². The van der Waals surface area contributed by atoms with Crippen LogP contribution in [0, 0.1) is 11.3 Å². The lowest BCUT2D eigenvalue weighted by Gasteiger charge is -2.10. The molecule has 0 aliphatic carbocycles. The smallest absolute Gasteiger partial charge is 0.255 e. The van der Waals surface area contributed by atoms with E-state index in [2.05, 4.69) is 5.32 Å². The summed E-state index contributed by atoms with van der Waals surface area (Å²) in [6, 6.07) is 13.4. The van der Waals surface area contributed by atoms with Crippen LogP contribution in [-0.2, 0) is 6.61 Å². The van der Waals surface area contributed by atoms with Gasteiger partial charge in [0.15, 0.2) is 0 Å². The maximum absolute atomic E-state index is 12.1. The lowest BCUT2D eigenvalue weighted by atomic mass is 10.1. The van der Waals surface area contributed by atoms with E-state index >= 15 is 0 Å². The molecule has 0 heterocycles. The van der Waals surface area contributed by atoms with Gasteiger partial charge in [0.1, 0.15) is 5.75 Å². The van der Waals surface area contributed by atoms with E-state index in [4.69, 9.17) is 10.00 Å². The average Bonchev–Trinajstić information content (AvgIpc) is 2.54. The number of nitrogens with one attached hydrogen (secondary N) is 1. The van der Waals surface area contributed by atoms with Gasteiger partial charge in [-0.15, -0.1) is 0 Å². The Balaban J connectivity index is 2.17. The largest absolute Gasteiger partial charge is 0.496 e. The number of ether oxygens (including phenoxy) is 1. The minimum Gasteiger partial charge on any atom is -0.496 e. The predicted molar refractivity (Wildman–Crippen MR) is 78.0 cm³/mol. The number of nitriles is 1. The fourth-order valence-electron chi connectivity index (χ4n) is 1.88. The van der Waals surface area contributed by atoms with Crippen LogP contribution in [0.25, 0.3) is 0 Å². The zero-order valence-electron chi connectivity index (χ0n) is 11.5. The van der Waals surface area contributed by atoms with Crippen molar-refractivity contribution in [2.24, 2.45) is 0 Å². The third-order valence-corrected chi connectivity index (χ3v) is 2.98. The Bertz CT molecular complexity index is 688. The van der Waals surface area contributed by atoms with Crippen LogP contribution in [0.4, 0.5) is 5.69 Å². The van der Waals surface area contributed by atoms with Crippen LogP contribution >= 0.6 is 0 Å². The summed E-state index contributed by atoms with van der Waals surface area (Å²) in [5.41, 5.74) is 2.11. The quantitative estimate of drug-likeness (QED) is 0.901. The Hall–Kier alpha value is -2.84. The predicted octanol–water partition coefficient (Wildman–Crippen LogP) is 2.31. The van der Waals surface area contributed by atoms with Gasteiger partial charge in [-0.1, -0.05) is 0 Å². The van der Waals surface area contributed by atoms with E-state index in [1.54, 1.807) is 42.5 Å². The van der Waals surface area contributed by atoms with Crippen LogP contribution in [0.2, 0.25) is 0 Å². The second kappa shape index (κ2) is 6.55. The molecule has 2 aromatic carbocycles. The highest BCUT2D eigenvalue weighted by molar-refractivity contribution is 6.04. The highest BCUT2D eigenvalue weighted by Crippen LogP contribution is 2.23. The molecule has 0 aromatic heterocycles. The van der Waals surface area contributed by atoms with E-state index in [1.165, 1.54) is 7.11 Å². The third-order valence-electron chi connectivity index (χ3n) is 2.98. The monoisotopic (exact) mass is 282 g/mol. The van der Waals surface area contributed by atoms with Gasteiger partial charge in [0, 0.05) is 16.8 Å². The van der Waals surface area contributed by atoms with Crippen LogP contribution in [0.3, 0.4) is 0 Å². The van der Waals surface area contributed by atoms with Crippen molar-refractivity contribution in [2.75, 3.05) is 12.4 Å². The third kappa shape index (κ3) is 3.38. The number of rotatable bonds is 4. The van der Waals surface area contributed by atoms with Crippen molar-refractivity contribution >= 4 is 11.6 Å². The molecule has 5 heteroatoms. The molecular weight excluding hydrogens is 268 g/mol. The van der Waals surface area contributed by atoms with Crippen molar-refractivity contribution in [1.29, 1.82) is 5.26 Å². The Labute approximate surface area is 122 Å². The summed E-state index contributed by atoms with van der Waals surface area (Å²) in [5, 5.41) is 20.7. The van der Waals surface area contributed by atoms with Crippen molar-refractivity contribution < 1.29 is 14.6 Å². The van der Waals surface area contributed by atoms with E-state index in [0.717, 1.165) is 0 Å². The molecule has 0 radical (unpaired) electrons. The van der Waals surface area contributed by atoms with E-state index in [9.17, 15) is 9.90 Å². The summed E-state index contributed by atoms with van der Waals surface area (Å²) >= 11 is 0. The molecule has 0 aliphatic rings. The molecule has 1 amide bonds. The molecule has 0 saturated heterocycles. The number of carbonyl (C=O) groups excluding carboxylic acids is 1. The number of amides is 1. The van der Waals surface area contributed by atoms with Crippen molar-refractivity contribution in [3.63, 3.8) is 0 Å². The summed E-state index contributed by atoms with van der Waals surface area (Å²) in [6.45, 7) is -0.177. The first kappa shape index (κ1) is 14.6. The number of carbonyl (C=O) groups is 1. The molecule has 0 fully saturated rings. The average molecular weight is 282 g/mol. The fourth-order valence-corrected chi connectivity index (χ4v) is 1.88. The second-order valence-corrected chi connectivity index (χ2v) is 4.33. The van der Waals surface area contributed by atoms with Gasteiger partial charge in [-0.25, -0.2) is 0 Å². The highest BCUT2D eigenvalue weighted by Gasteiger charge is 2.08. The molecule has 0 saturated carbocycles. The second-order valence-electron chi connectivity index (χ2n) is 4.33. The minimum atomic E-state index is -0.284. The Morgan fingerprint density at radius 1 is 1.29 bits per heavy atom. The molecule has 5 nitrogen and oxygen atoms in total. The molecule has 0 atom stereocenters. The molecule has 0 aliphatic heterocycles. The van der Waals surface area contributed by atoms with Crippen molar-refractivity contribution in [2.45, 2.75) is 6.61 Å². The zero-order chi connectivity index (χ0) is 15.2. The number of nitrogens with zero attached hydrogens (tertiary/aromatic N) is 1. The molecule has 0 bridgehead atoms. The maximum atomic E-state index is 12.1. The van der Waals surface area contributed by atoms with E-state index in [-0.39, 0.29) is 12.5 Å². The number of hydrogen-bond donors (Lipinski definition) is 2. The van der Waals surface area contributed by atoms with E-state index in [1.807, 2.05) is 6.07 Å². The molecule has 106 valence electrons. The number of anilines is 1. The SMILES string of the molecule is COc1ccc(NC(=O)c2ccc(C#N)cc2)cc1CO. The van der Waals surface area contributed by atoms with Crippen LogP contribution in [0.1, 0.15) is 21.5 Å². The summed E-state index contributed by atoms with van der Waals surface area (Å²) in [4.78, 5) is 12.1. The highest BCUT2D eigenvalue weighted by atomic mass is 16.5. The number of aliphatic hydroxyl groups excluding tert-OH is 1. The lowest BCUT2D eigenvalue weighted by molar-refractivity contribution is 0.102. The fraction of sp³-hybridized carbons (Fsp3) is 0.125. The van der Waals surface area contributed by atoms with Gasteiger partial charge in [0.25, 0.3) is 5.91 Å². The van der Waals surface area contributed by atoms with Crippen LogP contribution < -0.4 is 10.1 Å². The van der Waals surface area contributed by atoms with Crippen LogP contribution in [0.15, 0.2) is 42.5 Å². The summed E-state index contributed by atoms with van der Waals surface area (Å²) in [5.74, 6) is 0.280. The summed E-state index contributed by atoms with van der Waals surface area (Å²) < 4.78 is 5.10. The van der Waals surface area contributed by atoms with E-state index in [0.29, 0.717) is 28.1 Å². The lowest BCUT2D eigenvalue weighted by Crippen LogP contribution is -2.12. The standard InChI is InChI=1S/C16H14N2O3/c1-21-15-7-6-14(8-13(15)10-19)18-16(20)12-4-2-11(9-17)3-5-12/h2-8,19H,10H2,1H3,(H,18,20). The van der Waals surface area contributed by atoms with Gasteiger partial charge >= 0.3 is 0 Å². The van der Waals surface area contributed by atoms with Gasteiger partial charge < -0.3 is 15.2 Å². The van der Waals surface area contributed by atoms with Crippen LogP contribution in [0.5, 0.6) is 5.75 Å². The van der Waals surface area contributed by atoms with Gasteiger partial charge in [0.05, 0.1) is 25.3 Å². The first-order chi connectivity index (χ1) is 10.2. The first-order valence-electron chi connectivity index (χ1n) is 6.27. The molecule has 2 N–H and O–H groups in total. The molecule has 2 aromatic rings. The van der Waals surface area contributed by atoms with Gasteiger partial charge in [-0.2, -0.15) is 5.26 Å². The molecule has 2 rings (SSSR count). The Kier molecular flexibility index (Phi) is 4.54. The molecular formula is C16H14N2O3. The Morgan fingerprint density at radius 2 is 2.00 bits per heavy atom. The first-order valence-corrected chi connectivity index (χ1v) is 6.27. The van der Waals surface area contributed by atoms with Crippen molar-refractivity contribution in [3.05, 3.63) is 59.2 Å². The van der Waals surface area contributed by atoms with Gasteiger partial charge in [-0.05, 0) is 42.5 Å². The van der Waals surface area contributed by atoms with E-state index < -0.39 is 0 Å². The summed E-state index contributed by atoms with van der Waals surface area (Å²) in [6.07, 6.45) is 0. The topological polar surface area (TPSA) is 82.3 Å². The number of methoxy groups -OCH3 is 1. The van der Waals surface area contributed by atoms with Crippen LogP contribution in [-0.4, -0.2) is 18.1 Å². The normalized spacial score (nSPS) is 9.76. The summed E-state index contributed by atoms with van der Waals surface area (Å²) in [7, 11) is 1.52. The van der Waals surface area contributed by atoms with Crippen molar-refractivity contribution in [3.8, 4) is 11.8 Å². The maximum Gasteiger partial charge on any atom is 0.255 e. The Morgan fingerprint density at radius 3 is 2.57 bits per heavy atom. The molecule has 0 unspecified atom stereocenters. The van der Waals surface area contributed by atoms with Gasteiger partial charge in [0.2, 0.25) is 0 Å². The number of benzene rings is 2. The minimum absolute atomic E-state index is 0.177. The number of hydrogen-bond acceptors (Lipinski definition) is 4. The molecule has 0 spiro atoms. The molecule has 21 heavy (non-hydrogen) atoms. The zero-order valence-corrected chi connectivity index (χ0v) is 11.5. The van der Waals surface area contributed by atoms with Crippen molar-refractivity contribution in [1.82, 2.24) is 0 Å². The number of aliphatic hydroxyl groups is 1.